The van der Waals surface area contributed by atoms with Gasteiger partial charge in [0.15, 0.2) is 5.01 Å². The smallest absolute Gasteiger partial charge is 0.372 e. The van der Waals surface area contributed by atoms with E-state index in [9.17, 15) is 26.3 Å². The van der Waals surface area contributed by atoms with E-state index in [1.54, 1.807) is 36.4 Å². The summed E-state index contributed by atoms with van der Waals surface area (Å²) in [5.74, 6) is 0. The maximum absolute atomic E-state index is 13.1. The summed E-state index contributed by atoms with van der Waals surface area (Å²) in [7, 11) is 0. The molecule has 0 fully saturated rings. The second-order valence-electron chi connectivity index (χ2n) is 14.0. The fourth-order valence-electron chi connectivity index (χ4n) is 6.93. The summed E-state index contributed by atoms with van der Waals surface area (Å²) in [6.45, 7) is 4.25. The van der Waals surface area contributed by atoms with Gasteiger partial charge in [-0.15, -0.1) is 10.2 Å². The second-order valence-corrected chi connectivity index (χ2v) is 16.0. The number of halogens is 6. The molecule has 0 amide bonds. The number of rotatable bonds is 6. The Hall–Kier alpha value is -5.86. The van der Waals surface area contributed by atoms with Gasteiger partial charge >= 0.3 is 12.4 Å². The van der Waals surface area contributed by atoms with Crippen molar-refractivity contribution in [2.75, 3.05) is 0 Å². The van der Waals surface area contributed by atoms with Crippen LogP contribution in [0.5, 0.6) is 0 Å². The SMILES string of the molecule is CC1(C)c2cc(C(=N)SC(=N)C3C=CC=C(c4ccc(C(F)(F)F)cc4)N3)ccc2-c2ccc(-c3nnc(-c4cccc(-c5ccc(C(F)(F)F)cc5)n4)s3)cc21. The first-order valence-corrected chi connectivity index (χ1v) is 19.2. The van der Waals surface area contributed by atoms with Crippen LogP contribution in [0.15, 0.2) is 121 Å². The first-order valence-electron chi connectivity index (χ1n) is 17.5. The number of thioether (sulfide) groups is 1. The van der Waals surface area contributed by atoms with Gasteiger partial charge in [0.1, 0.15) is 15.7 Å². The summed E-state index contributed by atoms with van der Waals surface area (Å²) in [4.78, 5) is 4.67. The summed E-state index contributed by atoms with van der Waals surface area (Å²) in [6.07, 6.45) is -3.59. The number of alkyl halides is 6. The molecule has 4 aromatic carbocycles. The van der Waals surface area contributed by atoms with Gasteiger partial charge in [-0.2, -0.15) is 26.3 Å². The normalized spacial score (nSPS) is 15.7. The topological polar surface area (TPSA) is 98.4 Å². The van der Waals surface area contributed by atoms with Gasteiger partial charge in [0.05, 0.1) is 27.9 Å². The van der Waals surface area contributed by atoms with Crippen molar-refractivity contribution in [2.45, 2.75) is 37.7 Å². The Balaban J connectivity index is 0.966. The lowest BCUT2D eigenvalue weighted by molar-refractivity contribution is -0.138. The van der Waals surface area contributed by atoms with E-state index in [2.05, 4.69) is 46.5 Å². The summed E-state index contributed by atoms with van der Waals surface area (Å²) in [5.41, 5.74) is 6.61. The molecule has 0 saturated heterocycles. The van der Waals surface area contributed by atoms with Crippen molar-refractivity contribution in [1.29, 1.82) is 10.8 Å². The Morgan fingerprint density at radius 2 is 1.28 bits per heavy atom. The van der Waals surface area contributed by atoms with Crippen molar-refractivity contribution >= 4 is 38.9 Å². The molecule has 1 atom stereocenters. The molecule has 0 spiro atoms. The van der Waals surface area contributed by atoms with Crippen LogP contribution in [0.4, 0.5) is 26.3 Å². The Labute approximate surface area is 331 Å². The molecule has 1 unspecified atom stereocenters. The van der Waals surface area contributed by atoms with Crippen LogP contribution in [0.3, 0.4) is 0 Å². The van der Waals surface area contributed by atoms with Crippen LogP contribution in [0.1, 0.15) is 47.2 Å². The molecule has 6 aromatic rings. The first-order chi connectivity index (χ1) is 27.1. The molecular formula is C43H30F6N6S2. The number of hydrogen-bond donors (Lipinski definition) is 3. The molecule has 1 aliphatic carbocycles. The molecule has 57 heavy (non-hydrogen) atoms. The van der Waals surface area contributed by atoms with Crippen LogP contribution in [-0.4, -0.2) is 31.3 Å². The standard InChI is InChI=1S/C43H30F6N6S2/c1-41(2)31-21-25(37(50)56-38(51)35-7-3-5-33(52-35)23-9-15-27(16-10-23)42(44,45)46)13-19-29(31)30-20-14-26(22-32(30)41)39-54-55-40(57-39)36-8-4-6-34(53-36)24-11-17-28(18-12-24)43(47,48)49/h3-22,35,50-52H,1-2H3. The number of allylic oxidation sites excluding steroid dienone is 2. The summed E-state index contributed by atoms with van der Waals surface area (Å²) < 4.78 is 78.4. The average Bonchev–Trinajstić information content (AvgIpc) is 3.78. The summed E-state index contributed by atoms with van der Waals surface area (Å²) >= 11 is 2.37. The number of fused-ring (bicyclic) bond motifs is 3. The summed E-state index contributed by atoms with van der Waals surface area (Å²) in [6, 6.07) is 26.5. The van der Waals surface area contributed by atoms with Crippen LogP contribution < -0.4 is 5.32 Å². The predicted molar refractivity (Wildman–Crippen MR) is 214 cm³/mol. The number of benzene rings is 4. The predicted octanol–water partition coefficient (Wildman–Crippen LogP) is 11.9. The highest BCUT2D eigenvalue weighted by molar-refractivity contribution is 8.27. The molecule has 2 aromatic heterocycles. The maximum Gasteiger partial charge on any atom is 0.416 e. The molecule has 0 bridgehead atoms. The van der Waals surface area contributed by atoms with Crippen molar-refractivity contribution in [3.05, 3.63) is 155 Å². The molecule has 286 valence electrons. The van der Waals surface area contributed by atoms with Gasteiger partial charge in [-0.25, -0.2) is 4.98 Å². The minimum Gasteiger partial charge on any atom is -0.372 e. The van der Waals surface area contributed by atoms with Gasteiger partial charge in [-0.05, 0) is 82.4 Å². The highest BCUT2D eigenvalue weighted by Gasteiger charge is 2.37. The number of nitrogens with zero attached hydrogens (tertiary/aromatic N) is 3. The fraction of sp³-hybridized carbons (Fsp3) is 0.140. The van der Waals surface area contributed by atoms with E-state index in [-0.39, 0.29) is 10.1 Å². The van der Waals surface area contributed by atoms with Crippen LogP contribution >= 0.6 is 23.1 Å². The van der Waals surface area contributed by atoms with E-state index >= 15 is 0 Å². The second kappa shape index (κ2) is 14.3. The largest absolute Gasteiger partial charge is 0.416 e. The van der Waals surface area contributed by atoms with Crippen molar-refractivity contribution in [3.8, 4) is 43.7 Å². The molecule has 2 aliphatic rings. The third-order valence-corrected chi connectivity index (χ3v) is 11.9. The lowest BCUT2D eigenvalue weighted by Crippen LogP contribution is -2.34. The van der Waals surface area contributed by atoms with Gasteiger partial charge in [0.2, 0.25) is 0 Å². The molecule has 14 heteroatoms. The number of pyridine rings is 1. The van der Waals surface area contributed by atoms with Crippen LogP contribution in [0.25, 0.3) is 49.4 Å². The van der Waals surface area contributed by atoms with Gasteiger partial charge in [-0.3, -0.25) is 10.8 Å². The third-order valence-electron chi connectivity index (χ3n) is 9.98. The molecule has 3 heterocycles. The van der Waals surface area contributed by atoms with E-state index in [1.807, 2.05) is 24.3 Å². The fourth-order valence-corrected chi connectivity index (χ4v) is 8.47. The quantitative estimate of drug-likeness (QED) is 0.0884. The first kappa shape index (κ1) is 38.0. The van der Waals surface area contributed by atoms with E-state index in [0.717, 1.165) is 63.8 Å². The molecule has 8 rings (SSSR count). The van der Waals surface area contributed by atoms with Crippen LogP contribution in [-0.2, 0) is 17.8 Å². The molecule has 3 N–H and O–H groups in total. The number of aromatic nitrogens is 3. The lowest BCUT2D eigenvalue weighted by atomic mass is 9.81. The van der Waals surface area contributed by atoms with Crippen LogP contribution in [0.2, 0.25) is 0 Å². The van der Waals surface area contributed by atoms with Crippen LogP contribution in [0, 0.1) is 10.8 Å². The van der Waals surface area contributed by atoms with Gasteiger partial charge in [-0.1, -0.05) is 104 Å². The monoisotopic (exact) mass is 808 g/mol. The van der Waals surface area contributed by atoms with Gasteiger partial charge in [0, 0.05) is 27.8 Å². The maximum atomic E-state index is 13.1. The van der Waals surface area contributed by atoms with Crippen molar-refractivity contribution in [1.82, 2.24) is 20.5 Å². The van der Waals surface area contributed by atoms with Crippen molar-refractivity contribution in [3.63, 3.8) is 0 Å². The van der Waals surface area contributed by atoms with Gasteiger partial charge in [0.25, 0.3) is 0 Å². The molecule has 0 radical (unpaired) electrons. The van der Waals surface area contributed by atoms with E-state index in [1.165, 1.54) is 35.6 Å². The highest BCUT2D eigenvalue weighted by Crippen LogP contribution is 2.50. The number of hydrogen-bond acceptors (Lipinski definition) is 8. The zero-order valence-corrected chi connectivity index (χ0v) is 31.7. The van der Waals surface area contributed by atoms with Gasteiger partial charge < -0.3 is 5.32 Å². The third kappa shape index (κ3) is 7.42. The average molecular weight is 809 g/mol. The molecular weight excluding hydrogens is 779 g/mol. The molecule has 0 saturated carbocycles. The number of nitrogens with one attached hydrogen (secondary N) is 3. The molecule has 6 nitrogen and oxygen atoms in total. The van der Waals surface area contributed by atoms with Crippen molar-refractivity contribution in [2.24, 2.45) is 0 Å². The summed E-state index contributed by atoms with van der Waals surface area (Å²) in [5, 5.41) is 31.4. The Morgan fingerprint density at radius 1 is 0.702 bits per heavy atom. The zero-order valence-electron chi connectivity index (χ0n) is 30.1. The number of dihydropyridines is 1. The Morgan fingerprint density at radius 3 is 1.95 bits per heavy atom. The van der Waals surface area contributed by atoms with Crippen molar-refractivity contribution < 1.29 is 26.3 Å². The zero-order chi connectivity index (χ0) is 40.3. The Bertz CT molecular complexity index is 2620. The van der Waals surface area contributed by atoms with E-state index in [4.69, 9.17) is 10.8 Å². The van der Waals surface area contributed by atoms with E-state index in [0.29, 0.717) is 43.8 Å². The minimum absolute atomic E-state index is 0.166. The lowest BCUT2D eigenvalue weighted by Gasteiger charge is -2.23. The highest BCUT2D eigenvalue weighted by atomic mass is 32.2. The van der Waals surface area contributed by atoms with E-state index < -0.39 is 34.9 Å². The minimum atomic E-state index is -4.43. The molecule has 1 aliphatic heterocycles. The Kier molecular flexibility index (Phi) is 9.52.